The van der Waals surface area contributed by atoms with Gasteiger partial charge in [-0.2, -0.15) is 0 Å². The van der Waals surface area contributed by atoms with Crippen LogP contribution in [0.1, 0.15) is 0 Å². The van der Waals surface area contributed by atoms with Gasteiger partial charge < -0.3 is 24.1 Å². The number of carbonyl (C=O) groups excluding carboxylic acids is 1. The molecule has 0 atom stereocenters. The topological polar surface area (TPSA) is 126 Å². The van der Waals surface area contributed by atoms with Gasteiger partial charge in [0.2, 0.25) is 0 Å². The standard InChI is InChI=1S/CH2O3.Ba.Ca.H2O3S/c2-1(3)4;;;1-4(2)3/h(H2,2,3,4);;;(H2,1,2,3)/q;2*+2;/p-4. The van der Waals surface area contributed by atoms with E-state index in [4.69, 9.17) is 28.3 Å². The number of hydrogen-bond donors (Lipinski definition) is 0. The first kappa shape index (κ1) is 22.7. The first-order valence-electron chi connectivity index (χ1n) is 1.11. The number of rotatable bonds is 0. The minimum Gasteiger partial charge on any atom is -0.784 e. The Morgan fingerprint density at radius 1 is 1.20 bits per heavy atom. The molecule has 0 spiro atoms. The van der Waals surface area contributed by atoms with Gasteiger partial charge in [-0.1, -0.05) is 0 Å². The molecule has 0 radical (unpaired) electrons. The molecule has 0 amide bonds. The van der Waals surface area contributed by atoms with E-state index in [0.717, 1.165) is 0 Å². The molecule has 0 aromatic carbocycles. The van der Waals surface area contributed by atoms with Gasteiger partial charge in [0.15, 0.2) is 0 Å². The maximum Gasteiger partial charge on any atom is 2.00 e. The summed E-state index contributed by atoms with van der Waals surface area (Å²) in [5, 5.41) is 16.7. The van der Waals surface area contributed by atoms with Crippen LogP contribution in [0.15, 0.2) is 0 Å². The zero-order valence-corrected chi connectivity index (χ0v) is 12.2. The summed E-state index contributed by atoms with van der Waals surface area (Å²) in [5.74, 6) is 0. The average molecular weight is 317 g/mol. The molecule has 6 nitrogen and oxygen atoms in total. The van der Waals surface area contributed by atoms with Crippen molar-refractivity contribution >= 4 is 104 Å². The van der Waals surface area contributed by atoms with Crippen LogP contribution < -0.4 is 10.2 Å². The largest absolute Gasteiger partial charge is 2.00 e. The fourth-order valence-corrected chi connectivity index (χ4v) is 0. The van der Waals surface area contributed by atoms with Crippen LogP contribution in [-0.2, 0) is 11.4 Å². The molecule has 0 aliphatic heterocycles. The molecular weight excluding hydrogens is 317 g/mol. The second kappa shape index (κ2) is 17.3. The molecule has 0 aromatic heterocycles. The third kappa shape index (κ3) is 181. The summed E-state index contributed by atoms with van der Waals surface area (Å²) >= 11 is -3.11. The van der Waals surface area contributed by atoms with E-state index in [9.17, 15) is 0 Å². The maximum absolute atomic E-state index is 8.44. The monoisotopic (exact) mass is 318 g/mol. The Morgan fingerprint density at radius 3 is 1.20 bits per heavy atom. The summed E-state index contributed by atoms with van der Waals surface area (Å²) < 4.78 is 25.3. The Bertz CT molecular complexity index is 75.7. The van der Waals surface area contributed by atoms with Gasteiger partial charge in [0.05, 0.1) is 0 Å². The van der Waals surface area contributed by atoms with Crippen molar-refractivity contribution < 1.29 is 28.3 Å². The third-order valence-corrected chi connectivity index (χ3v) is 0. The zero-order valence-electron chi connectivity index (χ0n) is 4.77. The van der Waals surface area contributed by atoms with E-state index in [0.29, 0.717) is 0 Å². The van der Waals surface area contributed by atoms with Crippen LogP contribution in [0.3, 0.4) is 0 Å². The SMILES string of the molecule is O=C([O-])[O-].O=S([O-])[O-].[Ba+2].[Ca+2]. The minimum absolute atomic E-state index is 0. The first-order valence-corrected chi connectivity index (χ1v) is 2.11. The Hall–Kier alpha value is 2.17. The normalized spacial score (nSPS) is 5.90. The molecular formula is CBaCaO6S. The van der Waals surface area contributed by atoms with Crippen LogP contribution in [0.4, 0.5) is 4.79 Å². The molecule has 0 saturated carbocycles. The average Bonchev–Trinajstić information content (AvgIpc) is 1.25. The van der Waals surface area contributed by atoms with Crippen LogP contribution in [0.5, 0.6) is 0 Å². The molecule has 0 heterocycles. The summed E-state index contributed by atoms with van der Waals surface area (Å²) in [5.41, 5.74) is 0. The van der Waals surface area contributed by atoms with E-state index in [1.807, 2.05) is 0 Å². The molecule has 0 aromatic rings. The van der Waals surface area contributed by atoms with E-state index in [1.54, 1.807) is 0 Å². The fourth-order valence-electron chi connectivity index (χ4n) is 0. The third-order valence-electron chi connectivity index (χ3n) is 0. The molecule has 0 fully saturated rings. The molecule has 0 rings (SSSR count). The molecule has 50 valence electrons. The van der Waals surface area contributed by atoms with E-state index >= 15 is 0 Å². The van der Waals surface area contributed by atoms with Crippen molar-refractivity contribution in [3.05, 3.63) is 0 Å². The second-order valence-corrected chi connectivity index (χ2v) is 0.862. The van der Waals surface area contributed by atoms with Gasteiger partial charge in [-0.25, -0.2) is 0 Å². The van der Waals surface area contributed by atoms with Crippen LogP contribution >= 0.6 is 0 Å². The molecule has 0 aliphatic carbocycles. The van der Waals surface area contributed by atoms with Crippen LogP contribution in [0, 0.1) is 0 Å². The van der Waals surface area contributed by atoms with Gasteiger partial charge in [-0.3, -0.25) is 4.21 Å². The second-order valence-electron chi connectivity index (χ2n) is 0.454. The van der Waals surface area contributed by atoms with Gasteiger partial charge in [0.1, 0.15) is 0 Å². The van der Waals surface area contributed by atoms with Crippen LogP contribution in [-0.4, -0.2) is 106 Å². The molecule has 10 heavy (non-hydrogen) atoms. The van der Waals surface area contributed by atoms with Gasteiger partial charge in [0, 0.05) is 0 Å². The maximum atomic E-state index is 8.44. The molecule has 0 N–H and O–H groups in total. The van der Waals surface area contributed by atoms with E-state index in [2.05, 4.69) is 0 Å². The van der Waals surface area contributed by atoms with E-state index < -0.39 is 17.5 Å². The quantitative estimate of drug-likeness (QED) is 0.329. The fraction of sp³-hybridized carbons (Fsp3) is 0. The minimum atomic E-state index is -3.11. The van der Waals surface area contributed by atoms with Crippen LogP contribution in [0.2, 0.25) is 0 Å². The van der Waals surface area contributed by atoms with Gasteiger partial charge >= 0.3 is 86.6 Å². The molecule has 0 unspecified atom stereocenters. The summed E-state index contributed by atoms with van der Waals surface area (Å²) in [6.45, 7) is 0. The zero-order chi connectivity index (χ0) is 7.15. The Balaban J connectivity index is -0.0000000300. The molecule has 9 heteroatoms. The molecule has 0 saturated heterocycles. The summed E-state index contributed by atoms with van der Waals surface area (Å²) in [7, 11) is 0. The van der Waals surface area contributed by atoms with Crippen LogP contribution in [0.25, 0.3) is 0 Å². The Kier molecular flexibility index (Phi) is 39.4. The van der Waals surface area contributed by atoms with Gasteiger partial charge in [-0.15, -0.1) is 11.4 Å². The van der Waals surface area contributed by atoms with Crippen molar-refractivity contribution in [1.29, 1.82) is 0 Å². The van der Waals surface area contributed by atoms with Gasteiger partial charge in [0.25, 0.3) is 0 Å². The predicted octanol–water partition coefficient (Wildman–Crippen LogP) is -4.21. The van der Waals surface area contributed by atoms with E-state index in [1.165, 1.54) is 0 Å². The van der Waals surface area contributed by atoms with Crippen molar-refractivity contribution in [1.82, 2.24) is 0 Å². The summed E-state index contributed by atoms with van der Waals surface area (Å²) in [6, 6.07) is 0. The van der Waals surface area contributed by atoms with Crippen molar-refractivity contribution in [3.8, 4) is 0 Å². The van der Waals surface area contributed by atoms with Crippen molar-refractivity contribution in [3.63, 3.8) is 0 Å². The predicted molar refractivity (Wildman–Crippen MR) is 26.6 cm³/mol. The molecule has 0 aliphatic rings. The smallest absolute Gasteiger partial charge is 0.784 e. The van der Waals surface area contributed by atoms with E-state index in [-0.39, 0.29) is 86.6 Å². The number of carbonyl (C=O) groups is 1. The van der Waals surface area contributed by atoms with Crippen molar-refractivity contribution in [2.45, 2.75) is 0 Å². The Morgan fingerprint density at radius 2 is 1.20 bits per heavy atom. The number of hydrogen-bond acceptors (Lipinski definition) is 6. The first-order chi connectivity index (χ1) is 3.46. The van der Waals surface area contributed by atoms with Crippen molar-refractivity contribution in [2.75, 3.05) is 0 Å². The number of carboxylic acid groups (broad SMARTS) is 2. The van der Waals surface area contributed by atoms with Crippen molar-refractivity contribution in [2.24, 2.45) is 0 Å². The van der Waals surface area contributed by atoms with Gasteiger partial charge in [-0.05, 0) is 6.16 Å². The Labute approximate surface area is 130 Å². The molecule has 0 bridgehead atoms. The summed E-state index contributed by atoms with van der Waals surface area (Å²) in [6.07, 6.45) is -2.33. The summed E-state index contributed by atoms with van der Waals surface area (Å²) in [4.78, 5) is 8.33.